The van der Waals surface area contributed by atoms with Crippen LogP contribution < -0.4 is 5.32 Å². The number of hydrogen-bond donors (Lipinski definition) is 1. The molecule has 1 unspecified atom stereocenters. The smallest absolute Gasteiger partial charge is 0.239 e. The molecule has 0 radical (unpaired) electrons. The lowest BCUT2D eigenvalue weighted by molar-refractivity contribution is -0.132. The molecule has 1 aromatic carbocycles. The minimum atomic E-state index is -0.160. The van der Waals surface area contributed by atoms with Gasteiger partial charge in [0.2, 0.25) is 5.91 Å². The number of hydrogen-bond acceptors (Lipinski definition) is 2. The van der Waals surface area contributed by atoms with Crippen LogP contribution in [0.3, 0.4) is 0 Å². The van der Waals surface area contributed by atoms with Gasteiger partial charge in [0, 0.05) is 24.2 Å². The van der Waals surface area contributed by atoms with Crippen LogP contribution in [0.5, 0.6) is 0 Å². The van der Waals surface area contributed by atoms with Crippen LogP contribution in [0, 0.1) is 0 Å². The van der Waals surface area contributed by atoms with E-state index in [-0.39, 0.29) is 18.0 Å². The van der Waals surface area contributed by atoms with Gasteiger partial charge in [-0.25, -0.2) is 0 Å². The molecular weight excluding hydrogens is 260 g/mol. The van der Waals surface area contributed by atoms with Crippen molar-refractivity contribution in [3.05, 3.63) is 34.9 Å². The maximum atomic E-state index is 12.2. The molecule has 0 spiro atoms. The van der Waals surface area contributed by atoms with Crippen LogP contribution in [0.15, 0.2) is 24.3 Å². The van der Waals surface area contributed by atoms with Crippen LogP contribution in [0.25, 0.3) is 0 Å². The summed E-state index contributed by atoms with van der Waals surface area (Å²) in [6.07, 6.45) is 2.25. The van der Waals surface area contributed by atoms with Crippen molar-refractivity contribution in [3.8, 4) is 0 Å². The molecule has 1 aromatic rings. The second kappa shape index (κ2) is 6.40. The van der Waals surface area contributed by atoms with E-state index in [0.717, 1.165) is 36.5 Å². The van der Waals surface area contributed by atoms with Gasteiger partial charge in [0.05, 0.1) is 6.04 Å². The third-order valence-corrected chi connectivity index (χ3v) is 3.87. The molecule has 3 nitrogen and oxygen atoms in total. The summed E-state index contributed by atoms with van der Waals surface area (Å²) >= 11 is 5.99. The zero-order valence-electron chi connectivity index (χ0n) is 11.5. The van der Waals surface area contributed by atoms with E-state index in [0.29, 0.717) is 0 Å². The van der Waals surface area contributed by atoms with E-state index in [4.69, 9.17) is 11.6 Å². The van der Waals surface area contributed by atoms with Crippen LogP contribution in [0.4, 0.5) is 0 Å². The highest BCUT2D eigenvalue weighted by atomic mass is 35.5. The molecule has 2 rings (SSSR count). The average molecular weight is 281 g/mol. The Hall–Kier alpha value is -1.06. The minimum Gasteiger partial charge on any atom is -0.341 e. The molecule has 1 aliphatic heterocycles. The van der Waals surface area contributed by atoms with Crippen LogP contribution >= 0.6 is 11.6 Å². The quantitative estimate of drug-likeness (QED) is 0.920. The first-order valence-corrected chi connectivity index (χ1v) is 7.26. The number of rotatable bonds is 4. The second-order valence-electron chi connectivity index (χ2n) is 5.20. The Balaban J connectivity index is 1.94. The maximum Gasteiger partial charge on any atom is 0.239 e. The van der Waals surface area contributed by atoms with Crippen LogP contribution in [0.2, 0.25) is 5.02 Å². The van der Waals surface area contributed by atoms with Gasteiger partial charge in [0.1, 0.15) is 0 Å². The highest BCUT2D eigenvalue weighted by Gasteiger charge is 2.24. The molecule has 1 N–H and O–H groups in total. The third-order valence-electron chi connectivity index (χ3n) is 3.64. The Morgan fingerprint density at radius 2 is 2.00 bits per heavy atom. The van der Waals surface area contributed by atoms with Gasteiger partial charge >= 0.3 is 0 Å². The molecule has 0 aliphatic carbocycles. The molecule has 0 aromatic heterocycles. The van der Waals surface area contributed by atoms with Gasteiger partial charge in [-0.2, -0.15) is 0 Å². The summed E-state index contributed by atoms with van der Waals surface area (Å²) in [5.41, 5.74) is 1.11. The normalized spacial score (nSPS) is 18.4. The number of carbonyl (C=O) groups is 1. The van der Waals surface area contributed by atoms with Crippen molar-refractivity contribution in [2.45, 2.75) is 38.8 Å². The number of likely N-dealkylation sites (tertiary alicyclic amines) is 1. The largest absolute Gasteiger partial charge is 0.341 e. The van der Waals surface area contributed by atoms with Crippen molar-refractivity contribution >= 4 is 17.5 Å². The SMILES string of the molecule is CC(N[C@@H](C)c1cccc(Cl)c1)C(=O)N1CCCC1. The highest BCUT2D eigenvalue weighted by Crippen LogP contribution is 2.18. The number of carbonyl (C=O) groups excluding carboxylic acids is 1. The van der Waals surface area contributed by atoms with E-state index >= 15 is 0 Å². The Morgan fingerprint density at radius 3 is 2.63 bits per heavy atom. The lowest BCUT2D eigenvalue weighted by atomic mass is 10.1. The van der Waals surface area contributed by atoms with Crippen molar-refractivity contribution in [2.24, 2.45) is 0 Å². The molecule has 0 saturated carbocycles. The van der Waals surface area contributed by atoms with E-state index in [1.165, 1.54) is 0 Å². The van der Waals surface area contributed by atoms with Crippen LogP contribution in [-0.4, -0.2) is 29.9 Å². The summed E-state index contributed by atoms with van der Waals surface area (Å²) < 4.78 is 0. The first kappa shape index (κ1) is 14.4. The van der Waals surface area contributed by atoms with Crippen molar-refractivity contribution in [3.63, 3.8) is 0 Å². The molecule has 1 aliphatic rings. The Morgan fingerprint density at radius 1 is 1.32 bits per heavy atom. The zero-order chi connectivity index (χ0) is 13.8. The van der Waals surface area contributed by atoms with Gasteiger partial charge in [-0.05, 0) is 44.4 Å². The van der Waals surface area contributed by atoms with Crippen molar-refractivity contribution < 1.29 is 4.79 Å². The second-order valence-corrected chi connectivity index (χ2v) is 5.63. The summed E-state index contributed by atoms with van der Waals surface area (Å²) in [5, 5.41) is 4.08. The van der Waals surface area contributed by atoms with Crippen molar-refractivity contribution in [1.82, 2.24) is 10.2 Å². The lowest BCUT2D eigenvalue weighted by Gasteiger charge is -2.24. The lowest BCUT2D eigenvalue weighted by Crippen LogP contribution is -2.44. The molecule has 1 amide bonds. The average Bonchev–Trinajstić information content (AvgIpc) is 2.91. The third kappa shape index (κ3) is 3.71. The number of benzene rings is 1. The molecular formula is C15H21ClN2O. The molecule has 4 heteroatoms. The van der Waals surface area contributed by atoms with Gasteiger partial charge < -0.3 is 4.90 Å². The summed E-state index contributed by atoms with van der Waals surface area (Å²) in [4.78, 5) is 14.2. The summed E-state index contributed by atoms with van der Waals surface area (Å²) in [6.45, 7) is 5.79. The first-order valence-electron chi connectivity index (χ1n) is 6.88. The highest BCUT2D eigenvalue weighted by molar-refractivity contribution is 6.30. The predicted molar refractivity (Wildman–Crippen MR) is 78.3 cm³/mol. The molecule has 1 fully saturated rings. The standard InChI is InChI=1S/C15H21ClN2O/c1-11(13-6-5-7-14(16)10-13)17-12(2)15(19)18-8-3-4-9-18/h5-7,10-12,17H,3-4,8-9H2,1-2H3/t11-,12?/m0/s1. The number of nitrogens with one attached hydrogen (secondary N) is 1. The monoisotopic (exact) mass is 280 g/mol. The predicted octanol–water partition coefficient (Wildman–Crippen LogP) is 3.00. The molecule has 19 heavy (non-hydrogen) atoms. The van der Waals surface area contributed by atoms with Gasteiger partial charge in [0.15, 0.2) is 0 Å². The fourth-order valence-corrected chi connectivity index (χ4v) is 2.73. The van der Waals surface area contributed by atoms with Crippen LogP contribution in [-0.2, 0) is 4.79 Å². The number of nitrogens with zero attached hydrogens (tertiary/aromatic N) is 1. The molecule has 1 heterocycles. The van der Waals surface area contributed by atoms with Crippen molar-refractivity contribution in [1.29, 1.82) is 0 Å². The van der Waals surface area contributed by atoms with E-state index in [9.17, 15) is 4.79 Å². The summed E-state index contributed by atoms with van der Waals surface area (Å²) in [6, 6.07) is 7.70. The first-order chi connectivity index (χ1) is 9.08. The molecule has 1 saturated heterocycles. The van der Waals surface area contributed by atoms with Gasteiger partial charge in [-0.3, -0.25) is 10.1 Å². The van der Waals surface area contributed by atoms with E-state index in [1.807, 2.05) is 36.1 Å². The van der Waals surface area contributed by atoms with E-state index in [2.05, 4.69) is 12.2 Å². The van der Waals surface area contributed by atoms with Gasteiger partial charge in [-0.15, -0.1) is 0 Å². The zero-order valence-corrected chi connectivity index (χ0v) is 12.3. The Bertz CT molecular complexity index is 444. The van der Waals surface area contributed by atoms with Crippen LogP contribution in [0.1, 0.15) is 38.3 Å². The van der Waals surface area contributed by atoms with Gasteiger partial charge in [-0.1, -0.05) is 23.7 Å². The summed E-state index contributed by atoms with van der Waals surface area (Å²) in [5.74, 6) is 0.200. The molecule has 2 atom stereocenters. The Labute approximate surface area is 119 Å². The number of amides is 1. The van der Waals surface area contributed by atoms with Gasteiger partial charge in [0.25, 0.3) is 0 Å². The van der Waals surface area contributed by atoms with E-state index in [1.54, 1.807) is 0 Å². The fourth-order valence-electron chi connectivity index (χ4n) is 2.53. The Kier molecular flexibility index (Phi) is 4.83. The maximum absolute atomic E-state index is 12.2. The minimum absolute atomic E-state index is 0.111. The topological polar surface area (TPSA) is 32.3 Å². The molecule has 104 valence electrons. The van der Waals surface area contributed by atoms with Crippen molar-refractivity contribution in [2.75, 3.05) is 13.1 Å². The summed E-state index contributed by atoms with van der Waals surface area (Å²) in [7, 11) is 0. The molecule has 0 bridgehead atoms. The number of halogens is 1. The fraction of sp³-hybridized carbons (Fsp3) is 0.533. The van der Waals surface area contributed by atoms with E-state index < -0.39 is 0 Å².